The quantitative estimate of drug-likeness (QED) is 0.694. The molecule has 0 radical (unpaired) electrons. The molecule has 33 heavy (non-hydrogen) atoms. The molecular weight excluding hydrogens is 453 g/mol. The van der Waals surface area contributed by atoms with Crippen LogP contribution in [0.15, 0.2) is 48.5 Å². The highest BCUT2D eigenvalue weighted by Gasteiger charge is 2.53. The molecule has 8 nitrogen and oxygen atoms in total. The van der Waals surface area contributed by atoms with Crippen molar-refractivity contribution in [2.24, 2.45) is 0 Å². The molecule has 0 spiro atoms. The van der Waals surface area contributed by atoms with Crippen LogP contribution in [0, 0.1) is 5.82 Å². The third kappa shape index (κ3) is 4.41. The van der Waals surface area contributed by atoms with Gasteiger partial charge in [0, 0.05) is 19.5 Å². The first kappa shape index (κ1) is 22.7. The van der Waals surface area contributed by atoms with Crippen molar-refractivity contribution in [1.82, 2.24) is 9.80 Å². The fourth-order valence-corrected chi connectivity index (χ4v) is 4.54. The van der Waals surface area contributed by atoms with Crippen molar-refractivity contribution < 1.29 is 28.7 Å². The molecule has 4 amide bonds. The highest BCUT2D eigenvalue weighted by atomic mass is 35.5. The molecule has 172 valence electrons. The van der Waals surface area contributed by atoms with E-state index in [1.165, 1.54) is 21.9 Å². The summed E-state index contributed by atoms with van der Waals surface area (Å²) in [6, 6.07) is 10.6. The molecule has 0 saturated carbocycles. The van der Waals surface area contributed by atoms with E-state index in [-0.39, 0.29) is 36.6 Å². The van der Waals surface area contributed by atoms with Crippen LogP contribution < -0.4 is 4.90 Å². The number of carbonyl (C=O) groups is 4. The molecule has 1 N–H and O–H groups in total. The van der Waals surface area contributed by atoms with Crippen LogP contribution in [0.5, 0.6) is 0 Å². The minimum atomic E-state index is -1.11. The third-order valence-corrected chi connectivity index (χ3v) is 6.20. The average molecular weight is 474 g/mol. The van der Waals surface area contributed by atoms with E-state index in [1.807, 2.05) is 30.3 Å². The van der Waals surface area contributed by atoms with E-state index >= 15 is 0 Å². The van der Waals surface area contributed by atoms with Crippen LogP contribution in [0.3, 0.4) is 0 Å². The second kappa shape index (κ2) is 9.19. The topological polar surface area (TPSA) is 98.2 Å². The zero-order valence-corrected chi connectivity index (χ0v) is 18.2. The summed E-state index contributed by atoms with van der Waals surface area (Å²) in [6.45, 7) is 0.423. The number of imide groups is 1. The largest absolute Gasteiger partial charge is 0.481 e. The summed E-state index contributed by atoms with van der Waals surface area (Å²) in [7, 11) is 0. The number of rotatable bonds is 6. The van der Waals surface area contributed by atoms with E-state index in [9.17, 15) is 23.6 Å². The third-order valence-electron chi connectivity index (χ3n) is 5.91. The Bertz CT molecular complexity index is 1110. The molecular formula is C23H21ClFN3O5. The first-order valence-corrected chi connectivity index (χ1v) is 10.8. The number of anilines is 1. The number of carboxylic acid groups (broad SMARTS) is 1. The minimum Gasteiger partial charge on any atom is -0.481 e. The second-order valence-corrected chi connectivity index (χ2v) is 8.36. The maximum atomic E-state index is 13.7. The van der Waals surface area contributed by atoms with E-state index in [2.05, 4.69) is 0 Å². The fourth-order valence-electron chi connectivity index (χ4n) is 4.36. The van der Waals surface area contributed by atoms with Gasteiger partial charge < -0.3 is 14.9 Å². The summed E-state index contributed by atoms with van der Waals surface area (Å²) in [5.41, 5.74) is 0.935. The summed E-state index contributed by atoms with van der Waals surface area (Å²) < 4.78 is 13.7. The van der Waals surface area contributed by atoms with Crippen LogP contribution in [0.2, 0.25) is 5.02 Å². The molecule has 2 heterocycles. The number of fused-ring (bicyclic) bond motifs is 1. The smallest absolute Gasteiger partial charge is 0.332 e. The van der Waals surface area contributed by atoms with Crippen molar-refractivity contribution in [1.29, 1.82) is 0 Å². The number of nitrogens with zero attached hydrogens (tertiary/aromatic N) is 3. The summed E-state index contributed by atoms with van der Waals surface area (Å²) in [6.07, 6.45) is -0.225. The number of benzene rings is 2. The number of halogens is 2. The van der Waals surface area contributed by atoms with Gasteiger partial charge in [0.25, 0.3) is 5.91 Å². The van der Waals surface area contributed by atoms with Crippen LogP contribution in [-0.2, 0) is 20.9 Å². The molecule has 0 aromatic heterocycles. The van der Waals surface area contributed by atoms with E-state index in [0.29, 0.717) is 6.42 Å². The lowest BCUT2D eigenvalue weighted by atomic mass is 10.0. The molecule has 2 aliphatic heterocycles. The number of amides is 4. The number of urea groups is 1. The van der Waals surface area contributed by atoms with E-state index in [4.69, 9.17) is 16.7 Å². The maximum Gasteiger partial charge on any atom is 0.332 e. The molecule has 2 aromatic rings. The molecule has 0 unspecified atom stereocenters. The Morgan fingerprint density at radius 1 is 1.09 bits per heavy atom. The van der Waals surface area contributed by atoms with Gasteiger partial charge in [0.05, 0.1) is 23.2 Å². The monoisotopic (exact) mass is 473 g/mol. The van der Waals surface area contributed by atoms with Crippen molar-refractivity contribution in [3.05, 3.63) is 64.9 Å². The van der Waals surface area contributed by atoms with Crippen molar-refractivity contribution in [2.45, 2.75) is 37.9 Å². The molecule has 10 heteroatoms. The van der Waals surface area contributed by atoms with Crippen LogP contribution in [0.1, 0.15) is 24.8 Å². The lowest BCUT2D eigenvalue weighted by Crippen LogP contribution is -2.66. The van der Waals surface area contributed by atoms with Crippen LogP contribution >= 0.6 is 11.6 Å². The summed E-state index contributed by atoms with van der Waals surface area (Å²) in [4.78, 5) is 54.4. The fraction of sp³-hybridized carbons (Fsp3) is 0.304. The number of aliphatic carboxylic acids is 1. The zero-order chi connectivity index (χ0) is 23.7. The predicted octanol–water partition coefficient (Wildman–Crippen LogP) is 3.28. The van der Waals surface area contributed by atoms with Gasteiger partial charge in [0.1, 0.15) is 11.9 Å². The van der Waals surface area contributed by atoms with Gasteiger partial charge in [-0.05, 0) is 30.2 Å². The number of carbonyl (C=O) groups excluding carboxylic acids is 3. The molecule has 2 aromatic carbocycles. The SMILES string of the molecule is O=C(O)CCC(=O)N1CC[C@@H]2[C@H]1C(=O)N(c1ccc(F)c(Cl)c1)C(=O)N2Cc1ccccc1. The van der Waals surface area contributed by atoms with Gasteiger partial charge in [-0.3, -0.25) is 14.4 Å². The van der Waals surface area contributed by atoms with Crippen molar-refractivity contribution in [3.8, 4) is 0 Å². The van der Waals surface area contributed by atoms with Crippen LogP contribution in [0.25, 0.3) is 0 Å². The van der Waals surface area contributed by atoms with Gasteiger partial charge in [-0.15, -0.1) is 0 Å². The van der Waals surface area contributed by atoms with E-state index in [0.717, 1.165) is 16.5 Å². The summed E-state index contributed by atoms with van der Waals surface area (Å²) in [5, 5.41) is 8.68. The standard InChI is InChI=1S/C23H21ClFN3O5/c24-16-12-15(6-7-17(16)25)28-22(32)21-18(10-11-26(21)19(29)8-9-20(30)31)27(23(28)33)13-14-4-2-1-3-5-14/h1-7,12,18,21H,8-11,13H2,(H,30,31)/t18-,21+/m1/s1. The Hall–Kier alpha value is -3.46. The maximum absolute atomic E-state index is 13.7. The Balaban J connectivity index is 1.71. The Kier molecular flexibility index (Phi) is 6.33. The Morgan fingerprint density at radius 2 is 1.82 bits per heavy atom. The predicted molar refractivity (Wildman–Crippen MR) is 117 cm³/mol. The van der Waals surface area contributed by atoms with E-state index < -0.39 is 41.7 Å². The second-order valence-electron chi connectivity index (χ2n) is 7.95. The molecule has 2 saturated heterocycles. The molecule has 2 fully saturated rings. The highest BCUT2D eigenvalue weighted by molar-refractivity contribution is 6.31. The van der Waals surface area contributed by atoms with Gasteiger partial charge >= 0.3 is 12.0 Å². The molecule has 4 rings (SSSR count). The zero-order valence-electron chi connectivity index (χ0n) is 17.5. The van der Waals surface area contributed by atoms with Crippen molar-refractivity contribution in [2.75, 3.05) is 11.4 Å². The normalized spacial score (nSPS) is 20.2. The van der Waals surface area contributed by atoms with E-state index in [1.54, 1.807) is 0 Å². The lowest BCUT2D eigenvalue weighted by Gasteiger charge is -2.43. The van der Waals surface area contributed by atoms with Gasteiger partial charge in [-0.1, -0.05) is 41.9 Å². The number of hydrogen-bond acceptors (Lipinski definition) is 4. The van der Waals surface area contributed by atoms with Gasteiger partial charge in [0.15, 0.2) is 0 Å². The summed E-state index contributed by atoms with van der Waals surface area (Å²) in [5.74, 6) is -2.90. The van der Waals surface area contributed by atoms with Crippen LogP contribution in [-0.4, -0.2) is 57.3 Å². The summed E-state index contributed by atoms with van der Waals surface area (Å²) >= 11 is 5.90. The van der Waals surface area contributed by atoms with Gasteiger partial charge in [-0.25, -0.2) is 14.1 Å². The minimum absolute atomic E-state index is 0.0951. The number of carboxylic acids is 1. The van der Waals surface area contributed by atoms with Crippen molar-refractivity contribution >= 4 is 41.1 Å². The first-order valence-electron chi connectivity index (χ1n) is 10.4. The van der Waals surface area contributed by atoms with Gasteiger partial charge in [0.2, 0.25) is 5.91 Å². The highest BCUT2D eigenvalue weighted by Crippen LogP contribution is 2.35. The average Bonchev–Trinajstić information content (AvgIpc) is 3.23. The number of likely N-dealkylation sites (tertiary alicyclic amines) is 1. The molecule has 2 aliphatic rings. The molecule has 0 aliphatic carbocycles. The van der Waals surface area contributed by atoms with Crippen LogP contribution in [0.4, 0.5) is 14.9 Å². The van der Waals surface area contributed by atoms with Gasteiger partial charge in [-0.2, -0.15) is 0 Å². The lowest BCUT2D eigenvalue weighted by molar-refractivity contribution is -0.143. The van der Waals surface area contributed by atoms with Crippen molar-refractivity contribution in [3.63, 3.8) is 0 Å². The Morgan fingerprint density at radius 3 is 2.48 bits per heavy atom. The number of hydrogen-bond donors (Lipinski definition) is 1. The first-order chi connectivity index (χ1) is 15.8. The molecule has 0 bridgehead atoms. The molecule has 2 atom stereocenters. The Labute approximate surface area is 194 Å².